The van der Waals surface area contributed by atoms with Gasteiger partial charge in [-0.05, 0) is 129 Å². The van der Waals surface area contributed by atoms with Crippen molar-refractivity contribution in [1.29, 1.82) is 0 Å². The third-order valence-electron chi connectivity index (χ3n) is 10.7. The van der Waals surface area contributed by atoms with Crippen molar-refractivity contribution >= 4 is 41.8 Å². The van der Waals surface area contributed by atoms with Gasteiger partial charge >= 0.3 is 0 Å². The summed E-state index contributed by atoms with van der Waals surface area (Å²) in [5.74, 6) is 0. The highest BCUT2D eigenvalue weighted by atomic mass is 32.2. The highest BCUT2D eigenvalue weighted by Gasteiger charge is 2.33. The van der Waals surface area contributed by atoms with E-state index in [0.717, 1.165) is 44.5 Å². The average molecular weight is 775 g/mol. The zero-order valence-corrected chi connectivity index (χ0v) is 32.8. The van der Waals surface area contributed by atoms with Crippen molar-refractivity contribution < 1.29 is 25.9 Å². The van der Waals surface area contributed by atoms with Crippen LogP contribution in [0.5, 0.6) is 0 Å². The summed E-state index contributed by atoms with van der Waals surface area (Å²) in [6.07, 6.45) is 0. The molecule has 8 rings (SSSR count). The Balaban J connectivity index is 1.64. The number of aryl methyl sites for hydroxylation is 4. The topological polar surface area (TPSA) is 109 Å². The Hall–Kier alpha value is -5.90. The van der Waals surface area contributed by atoms with Crippen molar-refractivity contribution in [2.45, 2.75) is 37.5 Å². The number of rotatable bonds is 7. The van der Waals surface area contributed by atoms with Crippen LogP contribution in [0.4, 0.5) is 0 Å². The van der Waals surface area contributed by atoms with Crippen LogP contribution < -0.4 is 0 Å². The van der Waals surface area contributed by atoms with Gasteiger partial charge in [0, 0.05) is 22.3 Å². The van der Waals surface area contributed by atoms with E-state index in [1.807, 2.05) is 125 Å². The molecule has 8 aromatic carbocycles. The molecule has 0 radical (unpaired) electrons. The predicted molar refractivity (Wildman–Crippen MR) is 227 cm³/mol. The molecule has 8 aromatic rings. The molecule has 278 valence electrons. The maximum atomic E-state index is 14.0. The largest absolute Gasteiger partial charge is 0.295 e. The molecule has 6 nitrogen and oxygen atoms in total. The van der Waals surface area contributed by atoms with Crippen LogP contribution in [0, 0.1) is 27.7 Å². The van der Waals surface area contributed by atoms with Gasteiger partial charge in [-0.25, -0.2) is 0 Å². The van der Waals surface area contributed by atoms with Crippen molar-refractivity contribution in [2.75, 3.05) is 0 Å². The fraction of sp³-hybridized carbons (Fsp3) is 0.0833. The molecule has 0 saturated heterocycles. The van der Waals surface area contributed by atoms with Crippen LogP contribution in [0.1, 0.15) is 22.3 Å². The first-order chi connectivity index (χ1) is 26.7. The second-order valence-electron chi connectivity index (χ2n) is 14.3. The van der Waals surface area contributed by atoms with Gasteiger partial charge in [-0.1, -0.05) is 121 Å². The lowest BCUT2D eigenvalue weighted by Crippen LogP contribution is -2.10. The van der Waals surface area contributed by atoms with Crippen molar-refractivity contribution in [3.8, 4) is 55.6 Å². The van der Waals surface area contributed by atoms with E-state index in [9.17, 15) is 25.9 Å². The molecule has 0 aromatic heterocycles. The third-order valence-corrected chi connectivity index (χ3v) is 12.6. The summed E-state index contributed by atoms with van der Waals surface area (Å²) in [5.41, 5.74) is 8.66. The fourth-order valence-corrected chi connectivity index (χ4v) is 9.92. The van der Waals surface area contributed by atoms with Crippen LogP contribution >= 0.6 is 0 Å². The molecule has 0 heterocycles. The molecule has 0 spiro atoms. The Morgan fingerprint density at radius 3 is 0.964 bits per heavy atom. The van der Waals surface area contributed by atoms with Gasteiger partial charge < -0.3 is 0 Å². The van der Waals surface area contributed by atoms with Crippen molar-refractivity contribution in [3.05, 3.63) is 168 Å². The van der Waals surface area contributed by atoms with Gasteiger partial charge in [0.05, 0.1) is 0 Å². The van der Waals surface area contributed by atoms with Gasteiger partial charge in [-0.3, -0.25) is 9.11 Å². The van der Waals surface area contributed by atoms with Crippen LogP contribution in [0.15, 0.2) is 155 Å². The number of fused-ring (bicyclic) bond motifs is 2. The van der Waals surface area contributed by atoms with E-state index in [1.165, 1.54) is 0 Å². The molecule has 0 aliphatic heterocycles. The number of hydrogen-bond acceptors (Lipinski definition) is 4. The number of hydrogen-bond donors (Lipinski definition) is 2. The summed E-state index contributed by atoms with van der Waals surface area (Å²) in [6, 6.07) is 45.0. The maximum absolute atomic E-state index is 14.0. The first-order valence-electron chi connectivity index (χ1n) is 18.1. The molecule has 0 atom stereocenters. The zero-order chi connectivity index (χ0) is 39.5. The van der Waals surface area contributed by atoms with Gasteiger partial charge in [0.2, 0.25) is 0 Å². The smallest absolute Gasteiger partial charge is 0.282 e. The number of benzene rings is 8. The summed E-state index contributed by atoms with van der Waals surface area (Å²) in [6.45, 7) is 7.72. The van der Waals surface area contributed by atoms with E-state index in [0.29, 0.717) is 32.7 Å². The lowest BCUT2D eigenvalue weighted by atomic mass is 9.85. The highest BCUT2D eigenvalue weighted by Crippen LogP contribution is 2.50. The van der Waals surface area contributed by atoms with Crippen LogP contribution in [0.2, 0.25) is 0 Å². The first kappa shape index (κ1) is 37.0. The molecule has 0 aliphatic rings. The Kier molecular flexibility index (Phi) is 9.26. The van der Waals surface area contributed by atoms with E-state index in [2.05, 4.69) is 0 Å². The Morgan fingerprint density at radius 2 is 0.661 bits per heavy atom. The van der Waals surface area contributed by atoms with Gasteiger partial charge in [-0.15, -0.1) is 0 Å². The first-order valence-corrected chi connectivity index (χ1v) is 21.0. The van der Waals surface area contributed by atoms with E-state index in [-0.39, 0.29) is 22.3 Å². The minimum Gasteiger partial charge on any atom is -0.282 e. The quantitative estimate of drug-likeness (QED) is 0.156. The summed E-state index contributed by atoms with van der Waals surface area (Å²) in [4.78, 5) is -0.918. The van der Waals surface area contributed by atoms with E-state index in [4.69, 9.17) is 0 Å². The van der Waals surface area contributed by atoms with Crippen LogP contribution in [0.3, 0.4) is 0 Å². The van der Waals surface area contributed by atoms with E-state index < -0.39 is 30.0 Å². The summed E-state index contributed by atoms with van der Waals surface area (Å²) >= 11 is 0. The average Bonchev–Trinajstić information content (AvgIpc) is 3.16. The van der Waals surface area contributed by atoms with Crippen molar-refractivity contribution in [3.63, 3.8) is 0 Å². The fourth-order valence-electron chi connectivity index (χ4n) is 8.09. The van der Waals surface area contributed by atoms with Crippen LogP contribution in [-0.4, -0.2) is 25.9 Å². The SMILES string of the molecule is Cc1ccccc1-c1ccc2c(-c3c(S(=O)(=O)O)c(-c4ccccc4C)cc4cc(-c5ccccc5C)ccc34)c(S(=O)(=O)O)c(-c3ccccc3C)cc2c1. The normalized spacial score (nSPS) is 12.0. The summed E-state index contributed by atoms with van der Waals surface area (Å²) < 4.78 is 78.9. The molecule has 0 fully saturated rings. The molecule has 0 aliphatic carbocycles. The van der Waals surface area contributed by atoms with Gasteiger partial charge in [0.15, 0.2) is 0 Å². The zero-order valence-electron chi connectivity index (χ0n) is 31.2. The predicted octanol–water partition coefficient (Wildman–Crippen LogP) is 12.1. The molecule has 8 heteroatoms. The Bertz CT molecular complexity index is 2920. The Morgan fingerprint density at radius 1 is 0.357 bits per heavy atom. The second-order valence-corrected chi connectivity index (χ2v) is 17.1. The summed E-state index contributed by atoms with van der Waals surface area (Å²) in [5, 5.41) is 1.98. The minimum absolute atomic E-state index is 0.0312. The second kappa shape index (κ2) is 14.0. The van der Waals surface area contributed by atoms with Gasteiger partial charge in [0.25, 0.3) is 20.2 Å². The van der Waals surface area contributed by atoms with Crippen molar-refractivity contribution in [1.82, 2.24) is 0 Å². The lowest BCUT2D eigenvalue weighted by Gasteiger charge is -2.23. The van der Waals surface area contributed by atoms with Crippen molar-refractivity contribution in [2.24, 2.45) is 0 Å². The van der Waals surface area contributed by atoms with E-state index in [1.54, 1.807) is 48.5 Å². The van der Waals surface area contributed by atoms with Crippen LogP contribution in [0.25, 0.3) is 77.2 Å². The Labute approximate surface area is 327 Å². The van der Waals surface area contributed by atoms with Gasteiger partial charge in [-0.2, -0.15) is 16.8 Å². The molecule has 0 amide bonds. The standard InChI is InChI=1S/C48H38O6S2/c1-29-13-5-9-17-37(29)33-21-23-41-35(25-33)27-43(39-19-11-7-15-31(39)3)47(55(49,50)51)45(41)46-42-24-22-34(38-18-10-6-14-30(38)2)26-36(42)28-44(48(46)56(52,53)54)40-20-12-8-16-32(40)4/h5-28H,1-4H3,(H,49,50,51)(H,52,53,54). The lowest BCUT2D eigenvalue weighted by molar-refractivity contribution is 0.480. The summed E-state index contributed by atoms with van der Waals surface area (Å²) in [7, 11) is -10.2. The van der Waals surface area contributed by atoms with Gasteiger partial charge in [0.1, 0.15) is 9.79 Å². The minimum atomic E-state index is -5.09. The molecule has 0 bridgehead atoms. The third kappa shape index (κ3) is 6.50. The highest BCUT2D eigenvalue weighted by molar-refractivity contribution is 7.86. The molecule has 2 N–H and O–H groups in total. The molecule has 0 saturated carbocycles. The van der Waals surface area contributed by atoms with E-state index >= 15 is 0 Å². The molecule has 56 heavy (non-hydrogen) atoms. The molecular weight excluding hydrogens is 737 g/mol. The molecule has 0 unspecified atom stereocenters. The van der Waals surface area contributed by atoms with Crippen LogP contribution in [-0.2, 0) is 20.2 Å². The molecular formula is C48H38O6S2. The monoisotopic (exact) mass is 774 g/mol. The maximum Gasteiger partial charge on any atom is 0.295 e.